The molecule has 3 amide bonds. The highest BCUT2D eigenvalue weighted by molar-refractivity contribution is 5.89. The molecular formula is C81H102N20O8. The van der Waals surface area contributed by atoms with Gasteiger partial charge in [0.05, 0.1) is 55.8 Å². The third kappa shape index (κ3) is 18.4. The number of fused-ring (bicyclic) bond motifs is 4. The van der Waals surface area contributed by atoms with Gasteiger partial charge in [-0.3, -0.25) is 14.5 Å². The Kier molecular flexibility index (Phi) is 25.6. The Morgan fingerprint density at radius 2 is 1.14 bits per heavy atom. The van der Waals surface area contributed by atoms with E-state index >= 15 is 0 Å². The van der Waals surface area contributed by atoms with Gasteiger partial charge in [-0.1, -0.05) is 73.8 Å². The zero-order valence-corrected chi connectivity index (χ0v) is 63.5. The van der Waals surface area contributed by atoms with Crippen LogP contribution in [0.15, 0.2) is 92.0 Å². The van der Waals surface area contributed by atoms with Gasteiger partial charge >= 0.3 is 24.1 Å². The number of piperidine rings is 1. The van der Waals surface area contributed by atoms with Crippen molar-refractivity contribution >= 4 is 46.1 Å². The van der Waals surface area contributed by atoms with Gasteiger partial charge in [-0.2, -0.15) is 35.2 Å². The fraction of sp³-hybridized carbons (Fsp3) is 0.531. The van der Waals surface area contributed by atoms with Crippen molar-refractivity contribution in [3.05, 3.63) is 160 Å². The number of nitrogens with one attached hydrogen (secondary N) is 1. The van der Waals surface area contributed by atoms with Gasteiger partial charge in [0.1, 0.15) is 55.7 Å². The van der Waals surface area contributed by atoms with Crippen LogP contribution >= 0.6 is 0 Å². The Labute approximate surface area is 639 Å². The van der Waals surface area contributed by atoms with Crippen molar-refractivity contribution in [2.75, 3.05) is 148 Å². The first-order chi connectivity index (χ1) is 53.2. The van der Waals surface area contributed by atoms with Crippen LogP contribution in [0.4, 0.5) is 22.2 Å². The summed E-state index contributed by atoms with van der Waals surface area (Å²) in [6, 6.07) is 26.1. The van der Waals surface area contributed by atoms with Crippen LogP contribution in [0.3, 0.4) is 0 Å². The van der Waals surface area contributed by atoms with Crippen LogP contribution in [0.1, 0.15) is 103 Å². The number of likely N-dealkylation sites (N-methyl/N-ethyl adjacent to an activating group) is 3. The maximum absolute atomic E-state index is 13.3. The number of piperazine rings is 2. The van der Waals surface area contributed by atoms with Gasteiger partial charge in [0.15, 0.2) is 0 Å². The number of carbonyl (C=O) groups is 3. The number of nitriles is 1. The van der Waals surface area contributed by atoms with Crippen molar-refractivity contribution in [2.24, 2.45) is 5.92 Å². The molecule has 6 saturated heterocycles. The average Bonchev–Trinajstić information content (AvgIpc) is 1.71. The van der Waals surface area contributed by atoms with Crippen LogP contribution in [-0.2, 0) is 66.7 Å². The van der Waals surface area contributed by atoms with Crippen LogP contribution in [0.5, 0.6) is 23.8 Å². The lowest BCUT2D eigenvalue weighted by atomic mass is 9.98. The van der Waals surface area contributed by atoms with Crippen molar-refractivity contribution in [3.8, 4) is 29.9 Å². The van der Waals surface area contributed by atoms with E-state index in [1.165, 1.54) is 41.3 Å². The first-order valence-corrected chi connectivity index (χ1v) is 38.5. The number of benzene rings is 3. The normalized spacial score (nSPS) is 21.9. The topological polar surface area (TPSA) is 252 Å². The third-order valence-corrected chi connectivity index (χ3v) is 22.8. The molecule has 6 atom stereocenters. The van der Waals surface area contributed by atoms with E-state index in [1.807, 2.05) is 36.4 Å². The van der Waals surface area contributed by atoms with E-state index in [0.717, 1.165) is 141 Å². The second kappa shape index (κ2) is 36.3. The minimum absolute atomic E-state index is 0.161. The van der Waals surface area contributed by atoms with Crippen molar-refractivity contribution in [1.82, 2.24) is 69.5 Å². The molecule has 109 heavy (non-hydrogen) atoms. The molecule has 6 fully saturated rings. The van der Waals surface area contributed by atoms with Crippen molar-refractivity contribution in [1.29, 1.82) is 5.26 Å². The first kappa shape index (κ1) is 76.9. The van der Waals surface area contributed by atoms with Crippen molar-refractivity contribution in [3.63, 3.8) is 0 Å². The standard InChI is InChI=1S/C38H43N7O4.C24H31N7O3.C19H28N6O/c1-42-18-8-12-30(42)26-48-37-40-34-24-43(22-32-31-13-7-6-11-28(31)14-15-35(32)47-2)23-33(34)36(41-37)44-19-20-45(29(21-44)16-17-39)38(46)49-25-27-9-4-3-5-10-27;1-5-21(32)30-14-19-20(15-30)26-24(34-16-17-8-7-9-28(17)4)27-23(19)29-10-11-31(22(33)6-2)18(13-29)12-25-3;1-20-9-14-5-3-8-25(12-14)18-16-10-21-11-17(16)22-19(23-18)26-13-15-6-4-7-24(15)2/h3-7,9-11,13-15,29-30H,8,12,16,18-26H2,1-2H3;5-6,17-18H,1-2,7-16H2,4H3;14-15,21H,3-13H2,2H3/t29-,30-;17-,18-;14-,15-/m000/s1. The molecule has 15 rings (SSSR count). The number of hydrogen-bond donors (Lipinski definition) is 1. The molecule has 574 valence electrons. The summed E-state index contributed by atoms with van der Waals surface area (Å²) in [7, 11) is 8.10. The van der Waals surface area contributed by atoms with Crippen molar-refractivity contribution in [2.45, 2.75) is 140 Å². The number of carbonyl (C=O) groups excluding carboxylic acids is 3. The second-order valence-corrected chi connectivity index (χ2v) is 29.8. The summed E-state index contributed by atoms with van der Waals surface area (Å²) in [5, 5.41) is 15.5. The molecule has 9 aliphatic rings. The maximum Gasteiger partial charge on any atom is 0.410 e. The van der Waals surface area contributed by atoms with Crippen LogP contribution in [0.25, 0.3) is 20.5 Å². The molecule has 9 aliphatic heterocycles. The lowest BCUT2D eigenvalue weighted by Crippen LogP contribution is -2.56. The monoisotopic (exact) mass is 1480 g/mol. The fourth-order valence-electron chi connectivity index (χ4n) is 16.6. The van der Waals surface area contributed by atoms with Gasteiger partial charge in [0, 0.05) is 131 Å². The van der Waals surface area contributed by atoms with E-state index in [1.54, 1.807) is 21.8 Å². The molecule has 12 heterocycles. The van der Waals surface area contributed by atoms with Crippen LogP contribution < -0.4 is 39.0 Å². The molecule has 1 N–H and O–H groups in total. The Hall–Kier alpha value is -10.3. The van der Waals surface area contributed by atoms with E-state index in [4.69, 9.17) is 56.8 Å². The third-order valence-electron chi connectivity index (χ3n) is 22.8. The molecule has 0 saturated carbocycles. The van der Waals surface area contributed by atoms with Gasteiger partial charge in [0.2, 0.25) is 24.9 Å². The SMILES string of the molecule is COc1ccc2ccccc2c1CN1Cc2nc(OC[C@@H]3CCCN3C)nc(N3CCN(C(=O)OCc4ccccc4)[C@@H](CC#N)C3)c2C1.[C-]#[N+]C[C@@H]1CCCN(c2nc(OC[C@@H]3CCCN3C)nc3c2CNC3)C1.[C-]#[N+]C[C@H]1CN(c2nc(OC[C@@H]3CCCN3C)nc3c2CN(C(=O)C=C)C3)CCN1C(=O)C=C. The summed E-state index contributed by atoms with van der Waals surface area (Å²) in [5.41, 5.74) is 7.98. The largest absolute Gasteiger partial charge is 0.496 e. The molecule has 0 aliphatic carbocycles. The molecule has 0 unspecified atom stereocenters. The number of methoxy groups -OCH3 is 1. The fourth-order valence-corrected chi connectivity index (χ4v) is 16.6. The Morgan fingerprint density at radius 1 is 0.578 bits per heavy atom. The maximum atomic E-state index is 13.3. The van der Waals surface area contributed by atoms with Crippen LogP contribution in [-0.4, -0.2) is 245 Å². The molecule has 28 heteroatoms. The van der Waals surface area contributed by atoms with Crippen LogP contribution in [0, 0.1) is 30.4 Å². The van der Waals surface area contributed by atoms with E-state index in [-0.39, 0.29) is 43.5 Å². The highest BCUT2D eigenvalue weighted by atomic mass is 16.6. The van der Waals surface area contributed by atoms with Gasteiger partial charge < -0.3 is 82.8 Å². The highest BCUT2D eigenvalue weighted by Gasteiger charge is 2.40. The van der Waals surface area contributed by atoms with Gasteiger partial charge in [-0.25, -0.2) is 17.9 Å². The molecule has 0 spiro atoms. The number of anilines is 3. The number of amides is 3. The number of ether oxygens (including phenoxy) is 5. The predicted octanol–water partition coefficient (Wildman–Crippen LogP) is 8.16. The van der Waals surface area contributed by atoms with E-state index in [9.17, 15) is 19.6 Å². The van der Waals surface area contributed by atoms with Gasteiger partial charge in [0.25, 0.3) is 0 Å². The first-order valence-electron chi connectivity index (χ1n) is 38.5. The van der Waals surface area contributed by atoms with Gasteiger partial charge in [-0.15, -0.1) is 0 Å². The quantitative estimate of drug-likeness (QED) is 0.0497. The lowest BCUT2D eigenvalue weighted by Gasteiger charge is -2.41. The smallest absolute Gasteiger partial charge is 0.410 e. The second-order valence-electron chi connectivity index (χ2n) is 29.8. The molecule has 0 bridgehead atoms. The van der Waals surface area contributed by atoms with E-state index < -0.39 is 6.09 Å². The highest BCUT2D eigenvalue weighted by Crippen LogP contribution is 2.39. The predicted molar refractivity (Wildman–Crippen MR) is 413 cm³/mol. The number of hydrogen-bond acceptors (Lipinski definition) is 23. The Morgan fingerprint density at radius 3 is 1.73 bits per heavy atom. The summed E-state index contributed by atoms with van der Waals surface area (Å²) in [6.07, 6.45) is 11.5. The van der Waals surface area contributed by atoms with E-state index in [2.05, 4.69) is 130 Å². The number of nitrogens with zero attached hydrogens (tertiary/aromatic N) is 19. The number of rotatable bonds is 22. The zero-order chi connectivity index (χ0) is 75.9. The van der Waals surface area contributed by atoms with Gasteiger partial charge in [-0.05, 0) is 127 Å². The molecule has 3 aromatic carbocycles. The number of likely N-dealkylation sites (tertiary alicyclic amines) is 3. The average molecular weight is 1480 g/mol. The Bertz CT molecular complexity index is 4360. The minimum atomic E-state index is -0.406. The summed E-state index contributed by atoms with van der Waals surface area (Å²) >= 11 is 0. The molecule has 0 radical (unpaired) electrons. The summed E-state index contributed by atoms with van der Waals surface area (Å²) < 4.78 is 29.9. The van der Waals surface area contributed by atoms with Crippen LogP contribution in [0.2, 0.25) is 0 Å². The lowest BCUT2D eigenvalue weighted by molar-refractivity contribution is -0.128. The molecule has 3 aromatic heterocycles. The molecule has 6 aromatic rings. The summed E-state index contributed by atoms with van der Waals surface area (Å²) in [6.45, 7) is 36.8. The van der Waals surface area contributed by atoms with E-state index in [0.29, 0.717) is 146 Å². The van der Waals surface area contributed by atoms with Crippen molar-refractivity contribution < 1.29 is 38.1 Å². The molecule has 28 nitrogen and oxygen atoms in total. The minimum Gasteiger partial charge on any atom is -0.496 e. The molecular weight excluding hydrogens is 1380 g/mol. The zero-order valence-electron chi connectivity index (χ0n) is 63.5. The summed E-state index contributed by atoms with van der Waals surface area (Å²) in [4.78, 5) is 94.9. The number of aromatic nitrogens is 6. The Balaban J connectivity index is 0.000000152. The summed E-state index contributed by atoms with van der Waals surface area (Å²) in [5.74, 6) is 3.51.